The average Bonchev–Trinajstić information content (AvgIpc) is 3.15. The van der Waals surface area contributed by atoms with Gasteiger partial charge in [-0.2, -0.15) is 4.68 Å². The van der Waals surface area contributed by atoms with E-state index >= 15 is 0 Å². The Hall–Kier alpha value is -3.46. The molecule has 31 heavy (non-hydrogen) atoms. The van der Waals surface area contributed by atoms with Crippen LogP contribution in [0.5, 0.6) is 11.5 Å². The fourth-order valence-electron chi connectivity index (χ4n) is 2.75. The number of hydrogen-bond acceptors (Lipinski definition) is 6. The predicted molar refractivity (Wildman–Crippen MR) is 115 cm³/mol. The Morgan fingerprint density at radius 3 is 2.71 bits per heavy atom. The molecular weight excluding hydrogens is 425 g/mol. The number of ether oxygens (including phenoxy) is 2. The predicted octanol–water partition coefficient (Wildman–Crippen LogP) is 4.21. The molecule has 2 aromatic carbocycles. The van der Waals surface area contributed by atoms with Crippen LogP contribution in [0.1, 0.15) is 25.2 Å². The van der Waals surface area contributed by atoms with Gasteiger partial charge in [-0.1, -0.05) is 11.6 Å². The highest BCUT2D eigenvalue weighted by Crippen LogP contribution is 2.37. The van der Waals surface area contributed by atoms with Crippen LogP contribution in [0.25, 0.3) is 11.8 Å². The van der Waals surface area contributed by atoms with Crippen LogP contribution in [0.15, 0.2) is 36.4 Å². The van der Waals surface area contributed by atoms with Gasteiger partial charge >= 0.3 is 0 Å². The molecule has 0 atom stereocenters. The van der Waals surface area contributed by atoms with Crippen molar-refractivity contribution in [3.05, 3.63) is 58.6 Å². The fourth-order valence-corrected chi connectivity index (χ4v) is 3.01. The van der Waals surface area contributed by atoms with Gasteiger partial charge in [0.15, 0.2) is 17.3 Å². The second-order valence-electron chi connectivity index (χ2n) is 6.83. The second-order valence-corrected chi connectivity index (χ2v) is 7.23. The molecule has 3 rings (SSSR count). The summed E-state index contributed by atoms with van der Waals surface area (Å²) in [7, 11) is 1.51. The zero-order valence-electron chi connectivity index (χ0n) is 17.4. The van der Waals surface area contributed by atoms with E-state index in [1.165, 1.54) is 36.1 Å². The van der Waals surface area contributed by atoms with Gasteiger partial charge in [0.1, 0.15) is 11.5 Å². The first kappa shape index (κ1) is 22.2. The number of tetrazole rings is 1. The third-order valence-corrected chi connectivity index (χ3v) is 4.38. The summed E-state index contributed by atoms with van der Waals surface area (Å²) in [5, 5.41) is 14.0. The Morgan fingerprint density at radius 2 is 2.06 bits per heavy atom. The van der Waals surface area contributed by atoms with Gasteiger partial charge in [0.05, 0.1) is 18.2 Å². The third-order valence-electron chi connectivity index (χ3n) is 4.10. The molecule has 3 aromatic rings. The fraction of sp³-hybridized carbons (Fsp3) is 0.238. The number of nitrogens with zero attached hydrogens (tertiary/aromatic N) is 4. The Kier molecular flexibility index (Phi) is 6.86. The highest BCUT2D eigenvalue weighted by Gasteiger charge is 2.13. The van der Waals surface area contributed by atoms with E-state index in [2.05, 4.69) is 20.8 Å². The number of aryl methyl sites for hydroxylation is 1. The quantitative estimate of drug-likeness (QED) is 0.548. The van der Waals surface area contributed by atoms with Crippen molar-refractivity contribution >= 4 is 29.3 Å². The molecule has 0 spiro atoms. The molecule has 0 bridgehead atoms. The van der Waals surface area contributed by atoms with Gasteiger partial charge in [0, 0.05) is 11.8 Å². The minimum atomic E-state index is -0.519. The monoisotopic (exact) mass is 445 g/mol. The number of carbonyl (C=O) groups excluding carboxylic acids is 1. The molecule has 10 heteroatoms. The molecule has 162 valence electrons. The Labute approximate surface area is 183 Å². The molecule has 0 radical (unpaired) electrons. The highest BCUT2D eigenvalue weighted by molar-refractivity contribution is 6.32. The molecule has 0 aliphatic rings. The molecule has 8 nitrogen and oxygen atoms in total. The average molecular weight is 446 g/mol. The largest absolute Gasteiger partial charge is 0.493 e. The number of methoxy groups -OCH3 is 1. The molecule has 1 aromatic heterocycles. The lowest BCUT2D eigenvalue weighted by Crippen LogP contribution is -2.10. The van der Waals surface area contributed by atoms with Crippen molar-refractivity contribution in [2.45, 2.75) is 26.9 Å². The lowest BCUT2D eigenvalue weighted by atomic mass is 10.1. The van der Waals surface area contributed by atoms with E-state index in [0.717, 1.165) is 0 Å². The third kappa shape index (κ3) is 5.37. The van der Waals surface area contributed by atoms with Gasteiger partial charge in [-0.3, -0.25) is 4.79 Å². The molecule has 1 heterocycles. The first-order valence-corrected chi connectivity index (χ1v) is 9.74. The number of benzene rings is 2. The van der Waals surface area contributed by atoms with Crippen molar-refractivity contribution in [1.29, 1.82) is 0 Å². The molecular formula is C21H21ClFN5O3. The van der Waals surface area contributed by atoms with Gasteiger partial charge in [-0.15, -0.1) is 5.10 Å². The van der Waals surface area contributed by atoms with Crippen molar-refractivity contribution < 1.29 is 18.7 Å². The summed E-state index contributed by atoms with van der Waals surface area (Å²) in [4.78, 5) is 12.4. The van der Waals surface area contributed by atoms with E-state index in [4.69, 9.17) is 21.1 Å². The smallest absolute Gasteiger partial charge is 0.248 e. The zero-order valence-corrected chi connectivity index (χ0v) is 18.1. The van der Waals surface area contributed by atoms with Crippen molar-refractivity contribution in [3.63, 3.8) is 0 Å². The number of hydrogen-bond donors (Lipinski definition) is 1. The molecule has 0 saturated carbocycles. The summed E-state index contributed by atoms with van der Waals surface area (Å²) in [6, 6.07) is 7.50. The van der Waals surface area contributed by atoms with E-state index in [0.29, 0.717) is 33.6 Å². The number of anilines is 1. The maximum atomic E-state index is 14.2. The van der Waals surface area contributed by atoms with Crippen molar-refractivity contribution in [2.24, 2.45) is 0 Å². The van der Waals surface area contributed by atoms with Crippen LogP contribution in [0.3, 0.4) is 0 Å². The lowest BCUT2D eigenvalue weighted by Gasteiger charge is -2.15. The number of nitrogens with one attached hydrogen (secondary N) is 1. The van der Waals surface area contributed by atoms with Gasteiger partial charge in [0.2, 0.25) is 5.91 Å². The summed E-state index contributed by atoms with van der Waals surface area (Å²) in [6.45, 7) is 5.41. The van der Waals surface area contributed by atoms with E-state index in [1.54, 1.807) is 25.1 Å². The van der Waals surface area contributed by atoms with Crippen molar-refractivity contribution in [3.8, 4) is 17.2 Å². The number of amides is 1. The molecule has 0 aliphatic heterocycles. The van der Waals surface area contributed by atoms with Crippen LogP contribution in [-0.4, -0.2) is 39.3 Å². The molecule has 0 saturated heterocycles. The minimum absolute atomic E-state index is 0.0729. The van der Waals surface area contributed by atoms with Crippen molar-refractivity contribution in [1.82, 2.24) is 20.2 Å². The minimum Gasteiger partial charge on any atom is -0.493 e. The lowest BCUT2D eigenvalue weighted by molar-refractivity contribution is -0.111. The Balaban J connectivity index is 1.77. The van der Waals surface area contributed by atoms with E-state index < -0.39 is 11.7 Å². The van der Waals surface area contributed by atoms with E-state index in [-0.39, 0.29) is 11.8 Å². The van der Waals surface area contributed by atoms with Gasteiger partial charge < -0.3 is 14.8 Å². The number of carbonyl (C=O) groups is 1. The van der Waals surface area contributed by atoms with E-state index in [9.17, 15) is 9.18 Å². The molecule has 0 aliphatic carbocycles. The van der Waals surface area contributed by atoms with Crippen LogP contribution in [0.4, 0.5) is 10.1 Å². The van der Waals surface area contributed by atoms with Crippen LogP contribution >= 0.6 is 11.6 Å². The van der Waals surface area contributed by atoms with Crippen LogP contribution in [0.2, 0.25) is 5.02 Å². The van der Waals surface area contributed by atoms with Crippen molar-refractivity contribution in [2.75, 3.05) is 12.4 Å². The molecule has 0 unspecified atom stereocenters. The molecule has 1 amide bonds. The first-order chi connectivity index (χ1) is 14.8. The maximum Gasteiger partial charge on any atom is 0.248 e. The van der Waals surface area contributed by atoms with Crippen LogP contribution in [-0.2, 0) is 4.79 Å². The maximum absolute atomic E-state index is 14.2. The first-order valence-electron chi connectivity index (χ1n) is 9.36. The van der Waals surface area contributed by atoms with Gasteiger partial charge in [-0.05, 0) is 73.2 Å². The standard InChI is InChI=1S/C21H21ClFN5O3/c1-12(2)31-21-16(22)9-14(10-19(21)30-4)5-8-20(29)24-15-6-7-17(23)18(11-15)28-13(3)25-26-27-28/h5-12H,1-4H3,(H,24,29)/b8-5+. The summed E-state index contributed by atoms with van der Waals surface area (Å²) in [5.41, 5.74) is 1.16. The highest BCUT2D eigenvalue weighted by atomic mass is 35.5. The number of halogens is 2. The summed E-state index contributed by atoms with van der Waals surface area (Å²) in [5.74, 6) is 0.384. The summed E-state index contributed by atoms with van der Waals surface area (Å²) in [6.07, 6.45) is 2.84. The van der Waals surface area contributed by atoms with E-state index in [1.807, 2.05) is 13.8 Å². The molecule has 1 N–H and O–H groups in total. The number of aromatic nitrogens is 4. The Bertz CT molecular complexity index is 1130. The Morgan fingerprint density at radius 1 is 1.29 bits per heavy atom. The summed E-state index contributed by atoms with van der Waals surface area (Å²) >= 11 is 6.30. The normalized spacial score (nSPS) is 11.2. The number of rotatable bonds is 7. The van der Waals surface area contributed by atoms with Crippen LogP contribution < -0.4 is 14.8 Å². The topological polar surface area (TPSA) is 91.2 Å². The molecule has 0 fully saturated rings. The van der Waals surface area contributed by atoms with Crippen LogP contribution in [0, 0.1) is 12.7 Å². The van der Waals surface area contributed by atoms with Gasteiger partial charge in [0.25, 0.3) is 0 Å². The van der Waals surface area contributed by atoms with Gasteiger partial charge in [-0.25, -0.2) is 4.39 Å². The zero-order chi connectivity index (χ0) is 22.5. The summed E-state index contributed by atoms with van der Waals surface area (Å²) < 4.78 is 26.4. The SMILES string of the molecule is COc1cc(/C=C/C(=O)Nc2ccc(F)c(-n3nnnc3C)c2)cc(Cl)c1OC(C)C. The second kappa shape index (κ2) is 9.57.